The summed E-state index contributed by atoms with van der Waals surface area (Å²) in [5.41, 5.74) is 3.63. The first-order valence-electron chi connectivity index (χ1n) is 9.79. The second kappa shape index (κ2) is 8.52. The summed E-state index contributed by atoms with van der Waals surface area (Å²) in [4.78, 5) is 16.7. The summed E-state index contributed by atoms with van der Waals surface area (Å²) in [5, 5.41) is 10.7. The van der Waals surface area contributed by atoms with E-state index in [9.17, 15) is 4.79 Å². The fraction of sp³-hybridized carbons (Fsp3) is 0.550. The number of fused-ring (bicyclic) bond motifs is 1. The second-order valence-corrected chi connectivity index (χ2v) is 7.20. The minimum atomic E-state index is -0.226. The van der Waals surface area contributed by atoms with E-state index in [2.05, 4.69) is 20.5 Å². The molecule has 7 heteroatoms. The number of aryl methyl sites for hydroxylation is 2. The summed E-state index contributed by atoms with van der Waals surface area (Å²) in [6.45, 7) is 1.08. The van der Waals surface area contributed by atoms with Gasteiger partial charge in [-0.1, -0.05) is 6.07 Å². The van der Waals surface area contributed by atoms with Crippen molar-refractivity contribution in [3.05, 3.63) is 41.3 Å². The topological polar surface area (TPSA) is 89.1 Å². The molecule has 1 amide bonds. The van der Waals surface area contributed by atoms with Gasteiger partial charge in [-0.3, -0.25) is 9.89 Å². The lowest BCUT2D eigenvalue weighted by Crippen LogP contribution is -2.51. The third-order valence-electron chi connectivity index (χ3n) is 5.29. The Morgan fingerprint density at radius 3 is 3.15 bits per heavy atom. The average molecular weight is 370 g/mol. The molecule has 144 valence electrons. The second-order valence-electron chi connectivity index (χ2n) is 7.20. The first-order chi connectivity index (χ1) is 13.3. The molecule has 2 aromatic heterocycles. The number of carbonyl (C=O) groups is 1. The molecule has 1 saturated heterocycles. The van der Waals surface area contributed by atoms with Gasteiger partial charge in [-0.25, -0.2) is 4.98 Å². The molecule has 7 nitrogen and oxygen atoms in total. The summed E-state index contributed by atoms with van der Waals surface area (Å²) in [5.74, 6) is 0.583. The highest BCUT2D eigenvalue weighted by Crippen LogP contribution is 2.23. The van der Waals surface area contributed by atoms with Crippen LogP contribution in [0.25, 0.3) is 0 Å². The number of pyridine rings is 1. The van der Waals surface area contributed by atoms with Crippen molar-refractivity contribution < 1.29 is 14.3 Å². The van der Waals surface area contributed by atoms with Gasteiger partial charge < -0.3 is 14.8 Å². The Morgan fingerprint density at radius 1 is 1.33 bits per heavy atom. The van der Waals surface area contributed by atoms with Gasteiger partial charge in [0.2, 0.25) is 11.8 Å². The van der Waals surface area contributed by atoms with Crippen LogP contribution >= 0.6 is 0 Å². The fourth-order valence-electron chi connectivity index (χ4n) is 3.83. The maximum absolute atomic E-state index is 12.5. The molecule has 0 spiro atoms. The molecule has 2 N–H and O–H groups in total. The number of rotatable bonds is 6. The number of hydrogen-bond donors (Lipinski definition) is 2. The molecule has 1 fully saturated rings. The molecule has 1 aliphatic carbocycles. The van der Waals surface area contributed by atoms with Crippen molar-refractivity contribution in [2.45, 2.75) is 57.1 Å². The number of ether oxygens (including phenoxy) is 2. The molecule has 4 rings (SSSR count). The van der Waals surface area contributed by atoms with Crippen molar-refractivity contribution in [3.63, 3.8) is 0 Å². The molecular formula is C20H26N4O3. The minimum Gasteiger partial charge on any atom is -0.470 e. The van der Waals surface area contributed by atoms with Gasteiger partial charge in [0, 0.05) is 37.4 Å². The van der Waals surface area contributed by atoms with Crippen LogP contribution in [0.4, 0.5) is 0 Å². The summed E-state index contributed by atoms with van der Waals surface area (Å²) < 4.78 is 11.5. The first-order valence-corrected chi connectivity index (χ1v) is 9.79. The normalized spacial score (nSPS) is 22.1. The zero-order chi connectivity index (χ0) is 18.5. The van der Waals surface area contributed by atoms with Crippen molar-refractivity contribution in [2.24, 2.45) is 0 Å². The third kappa shape index (κ3) is 4.47. The monoisotopic (exact) mass is 370 g/mol. The predicted molar refractivity (Wildman–Crippen MR) is 99.6 cm³/mol. The molecule has 3 heterocycles. The number of nitrogens with zero attached hydrogens (tertiary/aromatic N) is 2. The van der Waals surface area contributed by atoms with Crippen LogP contribution < -0.4 is 10.1 Å². The molecule has 0 radical (unpaired) electrons. The van der Waals surface area contributed by atoms with E-state index in [0.29, 0.717) is 31.9 Å². The first kappa shape index (κ1) is 18.0. The molecule has 2 aliphatic rings. The van der Waals surface area contributed by atoms with Gasteiger partial charge in [0.05, 0.1) is 18.3 Å². The quantitative estimate of drug-likeness (QED) is 0.811. The van der Waals surface area contributed by atoms with Crippen molar-refractivity contribution in [1.82, 2.24) is 20.5 Å². The third-order valence-corrected chi connectivity index (χ3v) is 5.29. The van der Waals surface area contributed by atoms with Crippen LogP contribution in [0.1, 0.15) is 42.6 Å². The Balaban J connectivity index is 1.31. The smallest absolute Gasteiger partial charge is 0.220 e. The van der Waals surface area contributed by atoms with Crippen LogP contribution in [0.2, 0.25) is 0 Å². The van der Waals surface area contributed by atoms with E-state index in [0.717, 1.165) is 25.0 Å². The van der Waals surface area contributed by atoms with Crippen molar-refractivity contribution in [3.8, 4) is 5.88 Å². The largest absolute Gasteiger partial charge is 0.470 e. The summed E-state index contributed by atoms with van der Waals surface area (Å²) in [6, 6.07) is 5.47. The number of hydrogen-bond acceptors (Lipinski definition) is 5. The average Bonchev–Trinajstić information content (AvgIpc) is 3.12. The lowest BCUT2D eigenvalue weighted by atomic mass is 9.94. The van der Waals surface area contributed by atoms with Gasteiger partial charge in [0.25, 0.3) is 0 Å². The number of H-pyrrole nitrogens is 1. The molecular weight excluding hydrogens is 344 g/mol. The summed E-state index contributed by atoms with van der Waals surface area (Å²) in [6.07, 6.45) is 7.88. The molecule has 0 bridgehead atoms. The summed E-state index contributed by atoms with van der Waals surface area (Å²) >= 11 is 0. The molecule has 27 heavy (non-hydrogen) atoms. The Morgan fingerprint density at radius 2 is 2.26 bits per heavy atom. The van der Waals surface area contributed by atoms with E-state index in [4.69, 9.17) is 9.47 Å². The number of nitrogens with one attached hydrogen (secondary N) is 2. The van der Waals surface area contributed by atoms with Gasteiger partial charge >= 0.3 is 0 Å². The number of carbonyl (C=O) groups excluding carboxylic acids is 1. The van der Waals surface area contributed by atoms with Gasteiger partial charge in [-0.05, 0) is 43.7 Å². The number of amides is 1. The van der Waals surface area contributed by atoms with E-state index in [-0.39, 0.29) is 18.1 Å². The van der Waals surface area contributed by atoms with Gasteiger partial charge in [0.1, 0.15) is 6.10 Å². The molecule has 2 aromatic rings. The van der Waals surface area contributed by atoms with E-state index in [1.807, 2.05) is 18.2 Å². The van der Waals surface area contributed by atoms with Gasteiger partial charge in [-0.15, -0.1) is 0 Å². The Kier molecular flexibility index (Phi) is 5.67. The zero-order valence-electron chi connectivity index (χ0n) is 15.4. The lowest BCUT2D eigenvalue weighted by Gasteiger charge is -2.32. The Labute approximate surface area is 158 Å². The fourth-order valence-corrected chi connectivity index (χ4v) is 3.83. The maximum Gasteiger partial charge on any atom is 0.220 e. The summed E-state index contributed by atoms with van der Waals surface area (Å²) in [7, 11) is 0. The maximum atomic E-state index is 12.5. The van der Waals surface area contributed by atoms with E-state index in [1.165, 1.54) is 24.1 Å². The van der Waals surface area contributed by atoms with Gasteiger partial charge in [-0.2, -0.15) is 5.10 Å². The molecule has 0 saturated carbocycles. The number of aromatic amines is 1. The van der Waals surface area contributed by atoms with Crippen molar-refractivity contribution in [2.75, 3.05) is 13.2 Å². The van der Waals surface area contributed by atoms with Crippen molar-refractivity contribution >= 4 is 5.91 Å². The SMILES string of the molecule is O=C(CCc1n[nH]c2c1CCCC2)N[C@@H]1CCOC[C@H]1Oc1ccccn1. The zero-order valence-corrected chi connectivity index (χ0v) is 15.4. The van der Waals surface area contributed by atoms with Crippen LogP contribution in [0.3, 0.4) is 0 Å². The highest BCUT2D eigenvalue weighted by Gasteiger charge is 2.29. The standard InChI is InChI=1S/C20H26N4O3/c25-19(9-8-16-14-5-1-2-6-15(14)23-24-16)22-17-10-12-26-13-18(17)27-20-7-3-4-11-21-20/h3-4,7,11,17-18H,1-2,5-6,8-10,12-13H2,(H,22,25)(H,23,24)/t17-,18-/m1/s1. The molecule has 2 atom stereocenters. The number of aromatic nitrogens is 3. The Hall–Kier alpha value is -2.41. The van der Waals surface area contributed by atoms with Gasteiger partial charge in [0.15, 0.2) is 0 Å². The molecule has 0 aromatic carbocycles. The highest BCUT2D eigenvalue weighted by atomic mass is 16.5. The van der Waals surface area contributed by atoms with Crippen LogP contribution in [0.15, 0.2) is 24.4 Å². The molecule has 0 unspecified atom stereocenters. The van der Waals surface area contributed by atoms with Crippen LogP contribution in [-0.2, 0) is 28.8 Å². The van der Waals surface area contributed by atoms with E-state index < -0.39 is 0 Å². The van der Waals surface area contributed by atoms with Crippen LogP contribution in [0, 0.1) is 0 Å². The van der Waals surface area contributed by atoms with Crippen LogP contribution in [0.5, 0.6) is 5.88 Å². The predicted octanol–water partition coefficient (Wildman–Crippen LogP) is 1.97. The van der Waals surface area contributed by atoms with E-state index in [1.54, 1.807) is 6.20 Å². The Bertz CT molecular complexity index is 762. The van der Waals surface area contributed by atoms with Crippen LogP contribution in [-0.4, -0.2) is 46.4 Å². The van der Waals surface area contributed by atoms with Crippen molar-refractivity contribution in [1.29, 1.82) is 0 Å². The highest BCUT2D eigenvalue weighted by molar-refractivity contribution is 5.76. The van der Waals surface area contributed by atoms with E-state index >= 15 is 0 Å². The molecule has 1 aliphatic heterocycles. The minimum absolute atomic E-state index is 0.0316. The lowest BCUT2D eigenvalue weighted by molar-refractivity contribution is -0.124.